The smallest absolute Gasteiger partial charge is 0.378 e. The molecular formula is C11H16N5O7P. The SMILES string of the molecule is CO[C@H]1C[C@H](n2cnc3c(=O)[nH]c(N)nc32)O[C@@H]1COP(=O)(O)O. The highest BCUT2D eigenvalue weighted by molar-refractivity contribution is 7.46. The fraction of sp³-hybridized carbons (Fsp3) is 0.545. The summed E-state index contributed by atoms with van der Waals surface area (Å²) in [5.74, 6) is -0.0584. The Balaban J connectivity index is 1.86. The van der Waals surface area contributed by atoms with Crippen molar-refractivity contribution in [1.29, 1.82) is 0 Å². The molecule has 2 aromatic rings. The number of ether oxygens (including phenoxy) is 2. The first kappa shape index (κ1) is 17.0. The largest absolute Gasteiger partial charge is 0.469 e. The van der Waals surface area contributed by atoms with Gasteiger partial charge < -0.3 is 25.0 Å². The molecule has 12 nitrogen and oxygen atoms in total. The number of nitrogens with zero attached hydrogens (tertiary/aromatic N) is 3. The van der Waals surface area contributed by atoms with Crippen molar-refractivity contribution in [3.05, 3.63) is 16.7 Å². The van der Waals surface area contributed by atoms with Gasteiger partial charge in [0.2, 0.25) is 5.95 Å². The van der Waals surface area contributed by atoms with Gasteiger partial charge in [0, 0.05) is 13.5 Å². The van der Waals surface area contributed by atoms with Crippen LogP contribution in [0.1, 0.15) is 12.6 Å². The summed E-state index contributed by atoms with van der Waals surface area (Å²) in [4.78, 5) is 39.8. The van der Waals surface area contributed by atoms with E-state index in [1.165, 1.54) is 18.0 Å². The quantitative estimate of drug-likeness (QED) is 0.489. The molecule has 0 aromatic carbocycles. The lowest BCUT2D eigenvalue weighted by Gasteiger charge is -2.17. The maximum atomic E-state index is 11.8. The summed E-state index contributed by atoms with van der Waals surface area (Å²) < 4.78 is 27.8. The summed E-state index contributed by atoms with van der Waals surface area (Å²) in [6.07, 6.45) is -0.0247. The van der Waals surface area contributed by atoms with Crippen LogP contribution in [-0.4, -0.2) is 55.2 Å². The molecule has 3 atom stereocenters. The number of anilines is 1. The first-order valence-corrected chi connectivity index (χ1v) is 8.42. The third-order valence-electron chi connectivity index (χ3n) is 3.65. The lowest BCUT2D eigenvalue weighted by Crippen LogP contribution is -2.27. The van der Waals surface area contributed by atoms with Gasteiger partial charge >= 0.3 is 7.82 Å². The predicted octanol–water partition coefficient (Wildman–Crippen LogP) is -0.886. The summed E-state index contributed by atoms with van der Waals surface area (Å²) >= 11 is 0. The van der Waals surface area contributed by atoms with Gasteiger partial charge in [-0.2, -0.15) is 4.98 Å². The van der Waals surface area contributed by atoms with Crippen molar-refractivity contribution in [3.8, 4) is 0 Å². The number of methoxy groups -OCH3 is 1. The van der Waals surface area contributed by atoms with Crippen molar-refractivity contribution < 1.29 is 28.3 Å². The number of nitrogens with one attached hydrogen (secondary N) is 1. The number of imidazole rings is 1. The molecule has 1 saturated heterocycles. The summed E-state index contributed by atoms with van der Waals surface area (Å²) in [6.45, 7) is -0.345. The van der Waals surface area contributed by atoms with Crippen LogP contribution in [0.5, 0.6) is 0 Å². The van der Waals surface area contributed by atoms with E-state index in [1.54, 1.807) is 0 Å². The molecule has 0 amide bonds. The summed E-state index contributed by atoms with van der Waals surface area (Å²) in [5.41, 5.74) is 5.43. The van der Waals surface area contributed by atoms with E-state index in [9.17, 15) is 9.36 Å². The van der Waals surface area contributed by atoms with Gasteiger partial charge in [0.25, 0.3) is 5.56 Å². The second kappa shape index (κ2) is 6.24. The van der Waals surface area contributed by atoms with Crippen LogP contribution in [0.25, 0.3) is 11.2 Å². The van der Waals surface area contributed by atoms with Gasteiger partial charge in [0.1, 0.15) is 12.3 Å². The van der Waals surface area contributed by atoms with E-state index in [1.807, 2.05) is 0 Å². The molecule has 132 valence electrons. The molecular weight excluding hydrogens is 345 g/mol. The second-order valence-electron chi connectivity index (χ2n) is 5.20. The van der Waals surface area contributed by atoms with E-state index < -0.39 is 31.8 Å². The molecule has 3 rings (SSSR count). The lowest BCUT2D eigenvalue weighted by molar-refractivity contribution is -0.0503. The molecule has 0 aliphatic carbocycles. The third kappa shape index (κ3) is 3.34. The molecule has 0 bridgehead atoms. The Morgan fingerprint density at radius 2 is 2.33 bits per heavy atom. The average molecular weight is 361 g/mol. The van der Waals surface area contributed by atoms with E-state index in [2.05, 4.69) is 19.5 Å². The van der Waals surface area contributed by atoms with E-state index in [0.29, 0.717) is 6.42 Å². The number of aromatic amines is 1. The molecule has 0 unspecified atom stereocenters. The Morgan fingerprint density at radius 3 is 3.00 bits per heavy atom. The minimum absolute atomic E-state index is 0.0584. The highest BCUT2D eigenvalue weighted by atomic mass is 31.2. The maximum Gasteiger partial charge on any atom is 0.469 e. The van der Waals surface area contributed by atoms with Crippen LogP contribution in [0.3, 0.4) is 0 Å². The van der Waals surface area contributed by atoms with Crippen molar-refractivity contribution >= 4 is 24.9 Å². The van der Waals surface area contributed by atoms with Crippen molar-refractivity contribution in [2.75, 3.05) is 19.5 Å². The highest BCUT2D eigenvalue weighted by Gasteiger charge is 2.38. The average Bonchev–Trinajstić information content (AvgIpc) is 3.07. The van der Waals surface area contributed by atoms with Crippen LogP contribution >= 0.6 is 7.82 Å². The van der Waals surface area contributed by atoms with Crippen LogP contribution < -0.4 is 11.3 Å². The number of H-pyrrole nitrogens is 1. The van der Waals surface area contributed by atoms with Crippen LogP contribution in [0, 0.1) is 0 Å². The molecule has 5 N–H and O–H groups in total. The molecule has 0 saturated carbocycles. The molecule has 13 heteroatoms. The number of hydrogen-bond acceptors (Lipinski definition) is 8. The van der Waals surface area contributed by atoms with Crippen molar-refractivity contribution in [2.45, 2.75) is 24.9 Å². The second-order valence-corrected chi connectivity index (χ2v) is 6.44. The van der Waals surface area contributed by atoms with Crippen molar-refractivity contribution in [2.24, 2.45) is 0 Å². The number of fused-ring (bicyclic) bond motifs is 1. The van der Waals surface area contributed by atoms with E-state index in [-0.39, 0.29) is 23.7 Å². The van der Waals surface area contributed by atoms with Gasteiger partial charge in [0.15, 0.2) is 11.2 Å². The zero-order valence-corrected chi connectivity index (χ0v) is 13.4. The molecule has 0 spiro atoms. The van der Waals surface area contributed by atoms with Gasteiger partial charge in [-0.15, -0.1) is 0 Å². The number of hydrogen-bond donors (Lipinski definition) is 4. The molecule has 1 aliphatic rings. The standard InChI is InChI=1S/C11H16N5O7P/c1-21-5-2-7(23-6(5)3-22-24(18,19)20)16-4-13-8-9(16)14-11(12)15-10(8)17/h4-7H,2-3H2,1H3,(H2,18,19,20)(H3,12,14,15,17)/t5-,6+,7+/m0/s1. The van der Waals surface area contributed by atoms with Crippen LogP contribution in [0.15, 0.2) is 11.1 Å². The molecule has 0 radical (unpaired) electrons. The van der Waals surface area contributed by atoms with E-state index in [0.717, 1.165) is 0 Å². The van der Waals surface area contributed by atoms with E-state index >= 15 is 0 Å². The first-order chi connectivity index (χ1) is 11.3. The monoisotopic (exact) mass is 361 g/mol. The Morgan fingerprint density at radius 1 is 1.58 bits per heavy atom. The number of phosphoric acid groups is 1. The summed E-state index contributed by atoms with van der Waals surface area (Å²) in [5, 5.41) is 0. The zero-order chi connectivity index (χ0) is 17.5. The minimum Gasteiger partial charge on any atom is -0.378 e. The van der Waals surface area contributed by atoms with Gasteiger partial charge in [-0.05, 0) is 0 Å². The van der Waals surface area contributed by atoms with Crippen molar-refractivity contribution in [1.82, 2.24) is 19.5 Å². The first-order valence-electron chi connectivity index (χ1n) is 6.89. The zero-order valence-electron chi connectivity index (χ0n) is 12.5. The van der Waals surface area contributed by atoms with Crippen LogP contribution in [0.2, 0.25) is 0 Å². The number of nitrogen functional groups attached to an aromatic ring is 1. The normalized spacial score (nSPS) is 24.7. The number of aromatic nitrogens is 4. The Hall–Kier alpha value is -1.82. The van der Waals surface area contributed by atoms with Crippen LogP contribution in [0.4, 0.5) is 5.95 Å². The van der Waals surface area contributed by atoms with Gasteiger partial charge in [-0.1, -0.05) is 0 Å². The molecule has 1 fully saturated rings. The Bertz CT molecular complexity index is 845. The van der Waals surface area contributed by atoms with E-state index in [4.69, 9.17) is 25.0 Å². The lowest BCUT2D eigenvalue weighted by atomic mass is 10.2. The number of nitrogens with two attached hydrogens (primary N) is 1. The Labute approximate surface area is 134 Å². The predicted molar refractivity (Wildman–Crippen MR) is 79.9 cm³/mol. The van der Waals surface area contributed by atoms with Gasteiger partial charge in [-0.3, -0.25) is 18.9 Å². The third-order valence-corrected chi connectivity index (χ3v) is 4.14. The fourth-order valence-corrected chi connectivity index (χ4v) is 2.93. The minimum atomic E-state index is -4.62. The molecule has 2 aromatic heterocycles. The fourth-order valence-electron chi connectivity index (χ4n) is 2.59. The van der Waals surface area contributed by atoms with Gasteiger partial charge in [0.05, 0.1) is 19.0 Å². The van der Waals surface area contributed by atoms with Crippen molar-refractivity contribution in [3.63, 3.8) is 0 Å². The Kier molecular flexibility index (Phi) is 4.42. The number of rotatable bonds is 5. The summed E-state index contributed by atoms with van der Waals surface area (Å²) in [7, 11) is -3.16. The highest BCUT2D eigenvalue weighted by Crippen LogP contribution is 2.39. The topological polar surface area (TPSA) is 175 Å². The van der Waals surface area contributed by atoms with Gasteiger partial charge in [-0.25, -0.2) is 9.55 Å². The molecule has 3 heterocycles. The summed E-state index contributed by atoms with van der Waals surface area (Å²) in [6, 6.07) is 0. The van der Waals surface area contributed by atoms with Crippen LogP contribution in [-0.2, 0) is 18.6 Å². The molecule has 24 heavy (non-hydrogen) atoms. The maximum absolute atomic E-state index is 11.8. The number of phosphoric ester groups is 1. The molecule has 1 aliphatic heterocycles.